The van der Waals surface area contributed by atoms with E-state index in [1.54, 1.807) is 6.07 Å². The average Bonchev–Trinajstić information content (AvgIpc) is 3.14. The van der Waals surface area contributed by atoms with Gasteiger partial charge in [0, 0.05) is 31.0 Å². The van der Waals surface area contributed by atoms with Gasteiger partial charge in [0.15, 0.2) is 11.6 Å². The highest BCUT2D eigenvalue weighted by Crippen LogP contribution is 2.33. The number of alkyl halides is 1. The number of aryl methyl sites for hydroxylation is 1. The summed E-state index contributed by atoms with van der Waals surface area (Å²) >= 11 is 5.83. The van der Waals surface area contributed by atoms with Crippen molar-refractivity contribution in [2.75, 3.05) is 13.0 Å². The summed E-state index contributed by atoms with van der Waals surface area (Å²) in [7, 11) is 1.48. The Labute approximate surface area is 116 Å². The Hall–Kier alpha value is -1.29. The molecule has 5 heteroatoms. The number of ether oxygens (including phenoxy) is 1. The Morgan fingerprint density at radius 3 is 2.89 bits per heavy atom. The summed E-state index contributed by atoms with van der Waals surface area (Å²) in [6, 6.07) is 3.17. The molecular weight excluding hydrogens is 267 g/mol. The van der Waals surface area contributed by atoms with Crippen LogP contribution in [0.2, 0.25) is 0 Å². The zero-order valence-corrected chi connectivity index (χ0v) is 11.6. The molecule has 3 nitrogen and oxygen atoms in total. The van der Waals surface area contributed by atoms with E-state index in [9.17, 15) is 4.39 Å². The van der Waals surface area contributed by atoms with E-state index >= 15 is 0 Å². The molecule has 0 bridgehead atoms. The molecule has 0 radical (unpaired) electrons. The van der Waals surface area contributed by atoms with Crippen LogP contribution in [0.25, 0.3) is 11.0 Å². The van der Waals surface area contributed by atoms with Gasteiger partial charge in [0.05, 0.1) is 18.1 Å². The zero-order chi connectivity index (χ0) is 13.4. The number of benzene rings is 1. The van der Waals surface area contributed by atoms with E-state index in [0.29, 0.717) is 17.8 Å². The maximum atomic E-state index is 13.7. The molecule has 102 valence electrons. The van der Waals surface area contributed by atoms with Crippen LogP contribution in [0.5, 0.6) is 5.75 Å². The van der Waals surface area contributed by atoms with Crippen molar-refractivity contribution in [3.8, 4) is 5.75 Å². The number of halogens is 2. The third kappa shape index (κ3) is 2.41. The fourth-order valence-corrected chi connectivity index (χ4v) is 2.54. The second-order valence-corrected chi connectivity index (χ2v) is 5.37. The lowest BCUT2D eigenvalue weighted by Gasteiger charge is -2.08. The normalized spacial score (nSPS) is 15.1. The molecule has 0 unspecified atom stereocenters. The van der Waals surface area contributed by atoms with E-state index in [1.165, 1.54) is 26.0 Å². The average molecular weight is 283 g/mol. The molecule has 0 spiro atoms. The van der Waals surface area contributed by atoms with Gasteiger partial charge < -0.3 is 9.30 Å². The van der Waals surface area contributed by atoms with Gasteiger partial charge in [0.2, 0.25) is 0 Å². The summed E-state index contributed by atoms with van der Waals surface area (Å²) in [4.78, 5) is 4.50. The van der Waals surface area contributed by atoms with E-state index in [4.69, 9.17) is 16.3 Å². The first-order valence-corrected chi connectivity index (χ1v) is 7.05. The van der Waals surface area contributed by atoms with Crippen LogP contribution in [0.3, 0.4) is 0 Å². The van der Waals surface area contributed by atoms with Gasteiger partial charge >= 0.3 is 0 Å². The molecule has 1 heterocycles. The lowest BCUT2D eigenvalue weighted by Crippen LogP contribution is -2.06. The van der Waals surface area contributed by atoms with Gasteiger partial charge in [-0.15, -0.1) is 11.6 Å². The number of rotatable bonds is 5. The van der Waals surface area contributed by atoms with Gasteiger partial charge in [0.25, 0.3) is 0 Å². The van der Waals surface area contributed by atoms with Gasteiger partial charge in [-0.1, -0.05) is 0 Å². The molecule has 1 aliphatic rings. The Balaban J connectivity index is 2.12. The summed E-state index contributed by atoms with van der Waals surface area (Å²) < 4.78 is 20.9. The van der Waals surface area contributed by atoms with Crippen LogP contribution in [0.4, 0.5) is 4.39 Å². The van der Waals surface area contributed by atoms with Crippen molar-refractivity contribution in [1.29, 1.82) is 0 Å². The molecule has 0 aliphatic heterocycles. The Kier molecular flexibility index (Phi) is 3.35. The van der Waals surface area contributed by atoms with Gasteiger partial charge in [0.1, 0.15) is 5.82 Å². The van der Waals surface area contributed by atoms with E-state index < -0.39 is 0 Å². The highest BCUT2D eigenvalue weighted by atomic mass is 35.5. The molecule has 1 aromatic heterocycles. The minimum atomic E-state index is -0.372. The molecule has 0 atom stereocenters. The second-order valence-electron chi connectivity index (χ2n) is 5.00. The van der Waals surface area contributed by atoms with Gasteiger partial charge in [-0.2, -0.15) is 0 Å². The summed E-state index contributed by atoms with van der Waals surface area (Å²) in [6.07, 6.45) is 3.23. The number of hydrogen-bond acceptors (Lipinski definition) is 2. The number of methoxy groups -OCH3 is 1. The second kappa shape index (κ2) is 5.00. The van der Waals surface area contributed by atoms with Crippen LogP contribution in [-0.2, 0) is 13.0 Å². The number of hydrogen-bond donors (Lipinski definition) is 0. The molecule has 1 saturated carbocycles. The Bertz CT molecular complexity index is 607. The van der Waals surface area contributed by atoms with Crippen molar-refractivity contribution in [3.63, 3.8) is 0 Å². The molecule has 0 N–H and O–H groups in total. The lowest BCUT2D eigenvalue weighted by molar-refractivity contribution is 0.387. The van der Waals surface area contributed by atoms with E-state index in [0.717, 1.165) is 23.8 Å². The maximum Gasteiger partial charge on any atom is 0.167 e. The Morgan fingerprint density at radius 2 is 2.26 bits per heavy atom. The predicted octanol–water partition coefficient (Wildman–Crippen LogP) is 3.38. The lowest BCUT2D eigenvalue weighted by atomic mass is 10.2. The predicted molar refractivity (Wildman–Crippen MR) is 73.4 cm³/mol. The summed E-state index contributed by atoms with van der Waals surface area (Å²) in [5.41, 5.74) is 1.62. The topological polar surface area (TPSA) is 27.1 Å². The first-order valence-electron chi connectivity index (χ1n) is 6.51. The highest BCUT2D eigenvalue weighted by molar-refractivity contribution is 6.17. The SMILES string of the molecule is COc1cc2c(cc1F)nc(CCCl)n2CC1CC1. The van der Waals surface area contributed by atoms with Crippen molar-refractivity contribution < 1.29 is 9.13 Å². The van der Waals surface area contributed by atoms with Crippen molar-refractivity contribution >= 4 is 22.6 Å². The van der Waals surface area contributed by atoms with E-state index in [1.807, 2.05) is 0 Å². The fourth-order valence-electron chi connectivity index (χ4n) is 2.37. The minimum absolute atomic E-state index is 0.266. The van der Waals surface area contributed by atoms with Gasteiger partial charge in [-0.3, -0.25) is 0 Å². The molecule has 1 aromatic carbocycles. The third-order valence-electron chi connectivity index (χ3n) is 3.56. The first kappa shape index (κ1) is 12.7. The molecule has 0 saturated heterocycles. The molecule has 3 rings (SSSR count). The summed E-state index contributed by atoms with van der Waals surface area (Å²) in [6.45, 7) is 0.942. The van der Waals surface area contributed by atoms with E-state index in [2.05, 4.69) is 9.55 Å². The molecular formula is C14H16ClFN2O. The monoisotopic (exact) mass is 282 g/mol. The minimum Gasteiger partial charge on any atom is -0.494 e. The maximum absolute atomic E-state index is 13.7. The van der Waals surface area contributed by atoms with Crippen LogP contribution in [0.1, 0.15) is 18.7 Å². The van der Waals surface area contributed by atoms with Crippen LogP contribution < -0.4 is 4.74 Å². The van der Waals surface area contributed by atoms with Crippen LogP contribution in [0, 0.1) is 11.7 Å². The van der Waals surface area contributed by atoms with Crippen LogP contribution in [-0.4, -0.2) is 22.5 Å². The molecule has 0 amide bonds. The first-order chi connectivity index (χ1) is 9.22. The molecule has 2 aromatic rings. The van der Waals surface area contributed by atoms with Crippen molar-refractivity contribution in [2.24, 2.45) is 5.92 Å². The van der Waals surface area contributed by atoms with Crippen molar-refractivity contribution in [2.45, 2.75) is 25.8 Å². The summed E-state index contributed by atoms with van der Waals surface area (Å²) in [5, 5.41) is 0. The standard InChI is InChI=1S/C14H16ClFN2O/c1-19-13-7-12-11(6-10(13)16)17-14(4-5-15)18(12)8-9-2-3-9/h6-7,9H,2-5,8H2,1H3. The summed E-state index contributed by atoms with van der Waals surface area (Å²) in [5.74, 6) is 2.07. The molecule has 1 fully saturated rings. The largest absolute Gasteiger partial charge is 0.494 e. The van der Waals surface area contributed by atoms with E-state index in [-0.39, 0.29) is 11.6 Å². The van der Waals surface area contributed by atoms with Crippen molar-refractivity contribution in [3.05, 3.63) is 23.8 Å². The molecule has 1 aliphatic carbocycles. The van der Waals surface area contributed by atoms with Gasteiger partial charge in [-0.05, 0) is 18.8 Å². The third-order valence-corrected chi connectivity index (χ3v) is 3.75. The quantitative estimate of drug-likeness (QED) is 0.786. The van der Waals surface area contributed by atoms with Crippen molar-refractivity contribution in [1.82, 2.24) is 9.55 Å². The fraction of sp³-hybridized carbons (Fsp3) is 0.500. The van der Waals surface area contributed by atoms with Crippen LogP contribution >= 0.6 is 11.6 Å². The Morgan fingerprint density at radius 1 is 1.47 bits per heavy atom. The number of aromatic nitrogens is 2. The highest BCUT2D eigenvalue weighted by Gasteiger charge is 2.24. The number of fused-ring (bicyclic) bond motifs is 1. The zero-order valence-electron chi connectivity index (χ0n) is 10.8. The molecule has 19 heavy (non-hydrogen) atoms. The number of nitrogens with zero attached hydrogens (tertiary/aromatic N) is 2. The smallest absolute Gasteiger partial charge is 0.167 e. The number of imidazole rings is 1. The van der Waals surface area contributed by atoms with Gasteiger partial charge in [-0.25, -0.2) is 9.37 Å². The van der Waals surface area contributed by atoms with Crippen LogP contribution in [0.15, 0.2) is 12.1 Å².